The first-order chi connectivity index (χ1) is 12.8. The SMILES string of the molecule is CCCCc1ccccc1-c1ccccc1C=Cc1ccc(OC)cc1. The van der Waals surface area contributed by atoms with Crippen LogP contribution in [0.2, 0.25) is 0 Å². The van der Waals surface area contributed by atoms with Gasteiger partial charge in [0.25, 0.3) is 0 Å². The highest BCUT2D eigenvalue weighted by atomic mass is 16.5. The van der Waals surface area contributed by atoms with Crippen molar-refractivity contribution in [2.75, 3.05) is 7.11 Å². The third-order valence-electron chi connectivity index (χ3n) is 4.64. The summed E-state index contributed by atoms with van der Waals surface area (Å²) in [5.74, 6) is 0.882. The summed E-state index contributed by atoms with van der Waals surface area (Å²) < 4.78 is 5.23. The molecule has 3 rings (SSSR count). The summed E-state index contributed by atoms with van der Waals surface area (Å²) in [6.45, 7) is 2.24. The Morgan fingerprint density at radius 3 is 2.19 bits per heavy atom. The fourth-order valence-electron chi connectivity index (χ4n) is 3.16. The third kappa shape index (κ3) is 4.43. The minimum absolute atomic E-state index is 0.882. The van der Waals surface area contributed by atoms with E-state index in [0.29, 0.717) is 0 Å². The minimum atomic E-state index is 0.882. The second-order valence-electron chi connectivity index (χ2n) is 6.45. The maximum atomic E-state index is 5.23. The Hall–Kier alpha value is -2.80. The van der Waals surface area contributed by atoms with Crippen molar-refractivity contribution in [3.8, 4) is 16.9 Å². The Morgan fingerprint density at radius 2 is 1.46 bits per heavy atom. The Morgan fingerprint density at radius 1 is 0.769 bits per heavy atom. The lowest BCUT2D eigenvalue weighted by molar-refractivity contribution is 0.415. The van der Waals surface area contributed by atoms with E-state index in [2.05, 4.69) is 79.7 Å². The maximum Gasteiger partial charge on any atom is 0.118 e. The van der Waals surface area contributed by atoms with Crippen LogP contribution in [0.25, 0.3) is 23.3 Å². The van der Waals surface area contributed by atoms with Crippen LogP contribution in [0.1, 0.15) is 36.5 Å². The second kappa shape index (κ2) is 9.05. The van der Waals surface area contributed by atoms with E-state index in [-0.39, 0.29) is 0 Å². The van der Waals surface area contributed by atoms with E-state index in [1.165, 1.54) is 40.7 Å². The van der Waals surface area contributed by atoms with Gasteiger partial charge in [-0.2, -0.15) is 0 Å². The fraction of sp³-hybridized carbons (Fsp3) is 0.200. The van der Waals surface area contributed by atoms with Gasteiger partial charge in [0, 0.05) is 0 Å². The van der Waals surface area contributed by atoms with Crippen LogP contribution in [0.4, 0.5) is 0 Å². The van der Waals surface area contributed by atoms with Crippen LogP contribution in [0.15, 0.2) is 72.8 Å². The molecule has 0 aliphatic carbocycles. The summed E-state index contributed by atoms with van der Waals surface area (Å²) in [7, 11) is 1.69. The molecule has 0 amide bonds. The van der Waals surface area contributed by atoms with Gasteiger partial charge in [0.15, 0.2) is 0 Å². The third-order valence-corrected chi connectivity index (χ3v) is 4.64. The predicted octanol–water partition coefficient (Wildman–Crippen LogP) is 6.88. The van der Waals surface area contributed by atoms with Gasteiger partial charge in [0.2, 0.25) is 0 Å². The summed E-state index contributed by atoms with van der Waals surface area (Å²) >= 11 is 0. The van der Waals surface area contributed by atoms with Crippen LogP contribution in [0.3, 0.4) is 0 Å². The van der Waals surface area contributed by atoms with Gasteiger partial charge >= 0.3 is 0 Å². The molecule has 0 aromatic heterocycles. The van der Waals surface area contributed by atoms with E-state index in [0.717, 1.165) is 12.2 Å². The Bertz CT molecular complexity index is 859. The van der Waals surface area contributed by atoms with Crippen molar-refractivity contribution in [1.82, 2.24) is 0 Å². The van der Waals surface area contributed by atoms with Gasteiger partial charge in [0.05, 0.1) is 7.11 Å². The summed E-state index contributed by atoms with van der Waals surface area (Å²) in [5.41, 5.74) is 6.48. The molecule has 1 heteroatoms. The summed E-state index contributed by atoms with van der Waals surface area (Å²) in [6.07, 6.45) is 7.93. The molecule has 0 bridgehead atoms. The molecule has 0 heterocycles. The van der Waals surface area contributed by atoms with Crippen molar-refractivity contribution < 1.29 is 4.74 Å². The van der Waals surface area contributed by atoms with Crippen LogP contribution in [0.5, 0.6) is 5.75 Å². The molecule has 0 aliphatic heterocycles. The van der Waals surface area contributed by atoms with E-state index in [4.69, 9.17) is 4.74 Å². The van der Waals surface area contributed by atoms with Gasteiger partial charge in [-0.25, -0.2) is 0 Å². The molecule has 0 aliphatic rings. The van der Waals surface area contributed by atoms with Gasteiger partial charge < -0.3 is 4.74 Å². The molecule has 0 saturated carbocycles. The van der Waals surface area contributed by atoms with Crippen molar-refractivity contribution in [2.24, 2.45) is 0 Å². The summed E-state index contributed by atoms with van der Waals surface area (Å²) in [4.78, 5) is 0. The van der Waals surface area contributed by atoms with Crippen LogP contribution >= 0.6 is 0 Å². The zero-order valence-electron chi connectivity index (χ0n) is 15.6. The number of methoxy groups -OCH3 is 1. The molecule has 0 fully saturated rings. The smallest absolute Gasteiger partial charge is 0.118 e. The highest BCUT2D eigenvalue weighted by molar-refractivity contribution is 5.82. The largest absolute Gasteiger partial charge is 0.497 e. The summed E-state index contributed by atoms with van der Waals surface area (Å²) in [5, 5.41) is 0. The number of benzene rings is 3. The van der Waals surface area contributed by atoms with Gasteiger partial charge in [-0.05, 0) is 52.8 Å². The molecule has 26 heavy (non-hydrogen) atoms. The Balaban J connectivity index is 1.92. The molecule has 3 aromatic rings. The first kappa shape index (κ1) is 18.0. The van der Waals surface area contributed by atoms with Gasteiger partial charge in [0.1, 0.15) is 5.75 Å². The molecule has 0 atom stereocenters. The molecule has 0 unspecified atom stereocenters. The number of rotatable bonds is 7. The highest BCUT2D eigenvalue weighted by Crippen LogP contribution is 2.29. The average Bonchev–Trinajstić information content (AvgIpc) is 2.71. The van der Waals surface area contributed by atoms with E-state index < -0.39 is 0 Å². The molecule has 0 saturated heterocycles. The normalized spacial score (nSPS) is 11.0. The van der Waals surface area contributed by atoms with Crippen molar-refractivity contribution in [1.29, 1.82) is 0 Å². The zero-order chi connectivity index (χ0) is 18.2. The van der Waals surface area contributed by atoms with Crippen molar-refractivity contribution in [3.05, 3.63) is 89.5 Å². The molecular formula is C25H26O. The van der Waals surface area contributed by atoms with E-state index in [9.17, 15) is 0 Å². The maximum absolute atomic E-state index is 5.23. The standard InChI is InChI=1S/C25H26O/c1-3-4-9-21-10-5-7-12-24(21)25-13-8-6-11-22(25)17-14-20-15-18-23(26-2)19-16-20/h5-8,10-19H,3-4,9H2,1-2H3. The molecule has 132 valence electrons. The topological polar surface area (TPSA) is 9.23 Å². The number of unbranched alkanes of at least 4 members (excludes halogenated alkanes) is 1. The van der Waals surface area contributed by atoms with Crippen LogP contribution in [0, 0.1) is 0 Å². The fourth-order valence-corrected chi connectivity index (χ4v) is 3.16. The van der Waals surface area contributed by atoms with Crippen LogP contribution in [-0.4, -0.2) is 7.11 Å². The van der Waals surface area contributed by atoms with E-state index >= 15 is 0 Å². The zero-order valence-corrected chi connectivity index (χ0v) is 15.6. The summed E-state index contributed by atoms with van der Waals surface area (Å²) in [6, 6.07) is 25.5. The Labute approximate surface area is 157 Å². The van der Waals surface area contributed by atoms with E-state index in [1.807, 2.05) is 12.1 Å². The van der Waals surface area contributed by atoms with Gasteiger partial charge in [-0.15, -0.1) is 0 Å². The minimum Gasteiger partial charge on any atom is -0.497 e. The number of ether oxygens (including phenoxy) is 1. The average molecular weight is 342 g/mol. The molecule has 0 radical (unpaired) electrons. The van der Waals surface area contributed by atoms with Crippen molar-refractivity contribution in [3.63, 3.8) is 0 Å². The van der Waals surface area contributed by atoms with Crippen molar-refractivity contribution in [2.45, 2.75) is 26.2 Å². The second-order valence-corrected chi connectivity index (χ2v) is 6.45. The number of hydrogen-bond donors (Lipinski definition) is 0. The molecular weight excluding hydrogens is 316 g/mol. The monoisotopic (exact) mass is 342 g/mol. The lowest BCUT2D eigenvalue weighted by Gasteiger charge is -2.12. The van der Waals surface area contributed by atoms with Crippen LogP contribution in [-0.2, 0) is 6.42 Å². The number of aryl methyl sites for hydroxylation is 1. The molecule has 3 aromatic carbocycles. The predicted molar refractivity (Wildman–Crippen MR) is 112 cm³/mol. The lowest BCUT2D eigenvalue weighted by atomic mass is 9.92. The van der Waals surface area contributed by atoms with Crippen LogP contribution < -0.4 is 4.74 Å². The van der Waals surface area contributed by atoms with E-state index in [1.54, 1.807) is 7.11 Å². The first-order valence-corrected chi connectivity index (χ1v) is 9.31. The first-order valence-electron chi connectivity index (χ1n) is 9.31. The van der Waals surface area contributed by atoms with Gasteiger partial charge in [-0.1, -0.05) is 86.2 Å². The highest BCUT2D eigenvalue weighted by Gasteiger charge is 2.07. The van der Waals surface area contributed by atoms with Crippen molar-refractivity contribution >= 4 is 12.2 Å². The quantitative estimate of drug-likeness (QED) is 0.425. The molecule has 0 spiro atoms. The molecule has 0 N–H and O–H groups in total. The Kier molecular flexibility index (Phi) is 6.27. The lowest BCUT2D eigenvalue weighted by Crippen LogP contribution is -1.92. The molecule has 1 nitrogen and oxygen atoms in total. The van der Waals surface area contributed by atoms with Gasteiger partial charge in [-0.3, -0.25) is 0 Å². The number of hydrogen-bond acceptors (Lipinski definition) is 1.